The molecule has 1 heterocycles. The Morgan fingerprint density at radius 3 is 2.38 bits per heavy atom. The molecule has 138 valence electrons. The summed E-state index contributed by atoms with van der Waals surface area (Å²) in [6.07, 6.45) is 1.55. The molecule has 2 rings (SSSR count). The van der Waals surface area contributed by atoms with Gasteiger partial charge in [-0.2, -0.15) is 0 Å². The fourth-order valence-electron chi connectivity index (χ4n) is 2.51. The Labute approximate surface area is 162 Å². The summed E-state index contributed by atoms with van der Waals surface area (Å²) in [6, 6.07) is 10.9. The average Bonchev–Trinajstić information content (AvgIpc) is 2.64. The van der Waals surface area contributed by atoms with Crippen LogP contribution in [0.25, 0.3) is 0 Å². The lowest BCUT2D eigenvalue weighted by molar-refractivity contribution is -0.116. The largest absolute Gasteiger partial charge is 0.357 e. The molecule has 0 unspecified atom stereocenters. The number of pyridine rings is 1. The monoisotopic (exact) mass is 418 g/mol. The predicted octanol–water partition coefficient (Wildman–Crippen LogP) is 3.40. The molecule has 0 bridgehead atoms. The summed E-state index contributed by atoms with van der Waals surface area (Å²) < 4.78 is 0.790. The van der Waals surface area contributed by atoms with Gasteiger partial charge < -0.3 is 15.1 Å². The Morgan fingerprint density at radius 1 is 1.12 bits per heavy atom. The number of nitrogens with one attached hydrogen (secondary N) is 1. The van der Waals surface area contributed by atoms with Gasteiger partial charge in [-0.3, -0.25) is 9.59 Å². The number of carbonyl (C=O) groups is 2. The zero-order valence-corrected chi connectivity index (χ0v) is 16.8. The lowest BCUT2D eigenvalue weighted by Crippen LogP contribution is -2.35. The van der Waals surface area contributed by atoms with Crippen LogP contribution in [-0.4, -0.2) is 48.4 Å². The van der Waals surface area contributed by atoms with Crippen LogP contribution in [0.3, 0.4) is 0 Å². The highest BCUT2D eigenvalue weighted by atomic mass is 79.9. The van der Waals surface area contributed by atoms with Crippen LogP contribution in [0, 0.1) is 0 Å². The van der Waals surface area contributed by atoms with Crippen LogP contribution in [0.5, 0.6) is 0 Å². The van der Waals surface area contributed by atoms with Gasteiger partial charge >= 0.3 is 0 Å². The first kappa shape index (κ1) is 19.9. The lowest BCUT2D eigenvalue weighted by atomic mass is 10.2. The molecule has 2 amide bonds. The van der Waals surface area contributed by atoms with E-state index in [2.05, 4.69) is 45.0 Å². The van der Waals surface area contributed by atoms with Gasteiger partial charge in [0, 0.05) is 30.8 Å². The fraction of sp³-hybridized carbons (Fsp3) is 0.316. The molecular weight excluding hydrogens is 396 g/mol. The van der Waals surface area contributed by atoms with E-state index in [4.69, 9.17) is 0 Å². The van der Waals surface area contributed by atoms with E-state index in [-0.39, 0.29) is 18.4 Å². The van der Waals surface area contributed by atoms with E-state index in [0.717, 1.165) is 23.4 Å². The van der Waals surface area contributed by atoms with Gasteiger partial charge in [0.25, 0.3) is 5.91 Å². The molecule has 0 fully saturated rings. The van der Waals surface area contributed by atoms with Gasteiger partial charge in [0.05, 0.1) is 17.8 Å². The molecule has 0 atom stereocenters. The van der Waals surface area contributed by atoms with Gasteiger partial charge in [0.15, 0.2) is 0 Å². The van der Waals surface area contributed by atoms with Crippen molar-refractivity contribution in [2.45, 2.75) is 13.8 Å². The molecule has 0 aliphatic heterocycles. The summed E-state index contributed by atoms with van der Waals surface area (Å²) in [7, 11) is 1.60. The standard InChI is InChI=1S/C19H23BrN4O2/c1-4-24(5-2)17-11-10-14(12-21-17)19(26)23(3)13-18(25)22-16-9-7-6-8-15(16)20/h6-12H,4-5,13H2,1-3H3,(H,22,25). The number of benzene rings is 1. The van der Waals surface area contributed by atoms with Gasteiger partial charge in [-0.05, 0) is 54.0 Å². The van der Waals surface area contributed by atoms with E-state index in [9.17, 15) is 9.59 Å². The second-order valence-electron chi connectivity index (χ2n) is 5.77. The SMILES string of the molecule is CCN(CC)c1ccc(C(=O)N(C)CC(=O)Nc2ccccc2Br)cn1. The molecule has 0 saturated carbocycles. The molecule has 0 saturated heterocycles. The summed E-state index contributed by atoms with van der Waals surface area (Å²) in [5.41, 5.74) is 1.13. The van der Waals surface area contributed by atoms with Gasteiger partial charge in [-0.15, -0.1) is 0 Å². The van der Waals surface area contributed by atoms with Crippen LogP contribution < -0.4 is 10.2 Å². The normalized spacial score (nSPS) is 10.3. The number of para-hydroxylation sites is 1. The maximum Gasteiger partial charge on any atom is 0.255 e. The number of nitrogens with zero attached hydrogens (tertiary/aromatic N) is 3. The number of hydrogen-bond donors (Lipinski definition) is 1. The number of carbonyl (C=O) groups excluding carboxylic acids is 2. The number of hydrogen-bond acceptors (Lipinski definition) is 4. The summed E-state index contributed by atoms with van der Waals surface area (Å²) in [4.78, 5) is 32.5. The van der Waals surface area contributed by atoms with Crippen molar-refractivity contribution in [3.05, 3.63) is 52.6 Å². The Bertz CT molecular complexity index is 760. The minimum absolute atomic E-state index is 0.0437. The molecule has 2 aromatic rings. The molecule has 1 aromatic carbocycles. The van der Waals surface area contributed by atoms with E-state index >= 15 is 0 Å². The quantitative estimate of drug-likeness (QED) is 0.747. The van der Waals surface area contributed by atoms with Crippen molar-refractivity contribution in [3.63, 3.8) is 0 Å². The fourth-order valence-corrected chi connectivity index (χ4v) is 2.89. The molecule has 0 spiro atoms. The lowest BCUT2D eigenvalue weighted by Gasteiger charge is -2.20. The number of likely N-dealkylation sites (N-methyl/N-ethyl adjacent to an activating group) is 1. The highest BCUT2D eigenvalue weighted by molar-refractivity contribution is 9.10. The Morgan fingerprint density at radius 2 is 1.81 bits per heavy atom. The van der Waals surface area contributed by atoms with E-state index in [1.807, 2.05) is 24.3 Å². The molecule has 0 aliphatic carbocycles. The van der Waals surface area contributed by atoms with Crippen molar-refractivity contribution in [2.24, 2.45) is 0 Å². The number of amides is 2. The average molecular weight is 419 g/mol. The third kappa shape index (κ3) is 5.05. The van der Waals surface area contributed by atoms with Crippen molar-refractivity contribution < 1.29 is 9.59 Å². The molecular formula is C19H23BrN4O2. The van der Waals surface area contributed by atoms with Crippen LogP contribution in [0.4, 0.5) is 11.5 Å². The van der Waals surface area contributed by atoms with Crippen LogP contribution in [0.2, 0.25) is 0 Å². The second-order valence-corrected chi connectivity index (χ2v) is 6.62. The number of rotatable bonds is 7. The minimum atomic E-state index is -0.263. The minimum Gasteiger partial charge on any atom is -0.357 e. The molecule has 1 N–H and O–H groups in total. The first-order valence-corrected chi connectivity index (χ1v) is 9.26. The van der Waals surface area contributed by atoms with Gasteiger partial charge in [0.1, 0.15) is 5.82 Å². The molecule has 6 nitrogen and oxygen atoms in total. The van der Waals surface area contributed by atoms with Crippen molar-refractivity contribution in [1.82, 2.24) is 9.88 Å². The smallest absolute Gasteiger partial charge is 0.255 e. The van der Waals surface area contributed by atoms with Crippen LogP contribution in [0.15, 0.2) is 47.1 Å². The van der Waals surface area contributed by atoms with E-state index in [1.165, 1.54) is 4.90 Å². The molecule has 0 aliphatic rings. The van der Waals surface area contributed by atoms with Crippen LogP contribution in [-0.2, 0) is 4.79 Å². The third-order valence-electron chi connectivity index (χ3n) is 3.96. The van der Waals surface area contributed by atoms with Gasteiger partial charge in [-0.25, -0.2) is 4.98 Å². The highest BCUT2D eigenvalue weighted by Crippen LogP contribution is 2.21. The van der Waals surface area contributed by atoms with E-state index < -0.39 is 0 Å². The highest BCUT2D eigenvalue weighted by Gasteiger charge is 2.16. The number of halogens is 1. The van der Waals surface area contributed by atoms with Crippen LogP contribution in [0.1, 0.15) is 24.2 Å². The summed E-state index contributed by atoms with van der Waals surface area (Å²) in [5.74, 6) is 0.326. The third-order valence-corrected chi connectivity index (χ3v) is 4.65. The van der Waals surface area contributed by atoms with Crippen molar-refractivity contribution >= 4 is 39.2 Å². The first-order valence-electron chi connectivity index (χ1n) is 8.47. The zero-order valence-electron chi connectivity index (χ0n) is 15.2. The maximum atomic E-state index is 12.5. The molecule has 26 heavy (non-hydrogen) atoms. The molecule has 0 radical (unpaired) electrons. The van der Waals surface area contributed by atoms with Gasteiger partial charge in [-0.1, -0.05) is 12.1 Å². The number of aromatic nitrogens is 1. The predicted molar refractivity (Wildman–Crippen MR) is 108 cm³/mol. The van der Waals surface area contributed by atoms with Crippen molar-refractivity contribution in [3.8, 4) is 0 Å². The summed E-state index contributed by atoms with van der Waals surface area (Å²) in [5, 5.41) is 2.78. The first-order chi connectivity index (χ1) is 12.5. The van der Waals surface area contributed by atoms with Crippen molar-refractivity contribution in [1.29, 1.82) is 0 Å². The Hall–Kier alpha value is -2.41. The van der Waals surface area contributed by atoms with Crippen molar-refractivity contribution in [2.75, 3.05) is 36.9 Å². The van der Waals surface area contributed by atoms with E-state index in [0.29, 0.717) is 11.3 Å². The zero-order chi connectivity index (χ0) is 19.1. The Kier molecular flexibility index (Phi) is 7.15. The maximum absolute atomic E-state index is 12.5. The molecule has 7 heteroatoms. The summed E-state index contributed by atoms with van der Waals surface area (Å²) in [6.45, 7) is 5.78. The second kappa shape index (κ2) is 9.33. The molecule has 1 aromatic heterocycles. The van der Waals surface area contributed by atoms with E-state index in [1.54, 1.807) is 25.4 Å². The summed E-state index contributed by atoms with van der Waals surface area (Å²) >= 11 is 3.38. The van der Waals surface area contributed by atoms with Gasteiger partial charge in [0.2, 0.25) is 5.91 Å². The van der Waals surface area contributed by atoms with Crippen LogP contribution >= 0.6 is 15.9 Å². The number of anilines is 2. The Balaban J connectivity index is 1.98. The topological polar surface area (TPSA) is 65.5 Å².